The Labute approximate surface area is 94.4 Å². The summed E-state index contributed by atoms with van der Waals surface area (Å²) in [6.45, 7) is 0. The Hall–Kier alpha value is -1.62. The van der Waals surface area contributed by atoms with Crippen LogP contribution in [0.1, 0.15) is 10.6 Å². The largest absolute Gasteiger partial charge is 0.438 e. The highest BCUT2D eigenvalue weighted by Gasteiger charge is 2.08. The second kappa shape index (κ2) is 4.27. The van der Waals surface area contributed by atoms with E-state index in [0.717, 1.165) is 4.47 Å². The van der Waals surface area contributed by atoms with Crippen LogP contribution in [0.25, 0.3) is 0 Å². The van der Waals surface area contributed by atoms with Crippen LogP contribution in [-0.4, -0.2) is 10.9 Å². The summed E-state index contributed by atoms with van der Waals surface area (Å²) >= 11 is 3.31. The van der Waals surface area contributed by atoms with Crippen molar-refractivity contribution < 1.29 is 9.21 Å². The molecule has 4 nitrogen and oxygen atoms in total. The molecule has 0 bridgehead atoms. The molecule has 0 saturated heterocycles. The maximum absolute atomic E-state index is 11.5. The van der Waals surface area contributed by atoms with Crippen LogP contribution < -0.4 is 5.32 Å². The van der Waals surface area contributed by atoms with E-state index in [1.807, 2.05) is 12.1 Å². The summed E-state index contributed by atoms with van der Waals surface area (Å²) in [5, 5.41) is 2.68. The number of halogens is 1. The molecule has 0 saturated carbocycles. The average molecular weight is 267 g/mol. The first-order valence-electron chi connectivity index (χ1n) is 4.21. The van der Waals surface area contributed by atoms with Crippen LogP contribution in [0, 0.1) is 0 Å². The van der Waals surface area contributed by atoms with Gasteiger partial charge in [0.1, 0.15) is 0 Å². The summed E-state index contributed by atoms with van der Waals surface area (Å²) in [6, 6.07) is 7.27. The number of benzene rings is 1. The van der Waals surface area contributed by atoms with Crippen LogP contribution in [-0.2, 0) is 0 Å². The Morgan fingerprint density at radius 1 is 1.33 bits per heavy atom. The highest BCUT2D eigenvalue weighted by molar-refractivity contribution is 9.10. The van der Waals surface area contributed by atoms with Crippen LogP contribution in [0.15, 0.2) is 45.7 Å². The number of anilines is 1. The second-order valence-corrected chi connectivity index (χ2v) is 3.74. The van der Waals surface area contributed by atoms with Crippen molar-refractivity contribution in [1.82, 2.24) is 4.98 Å². The SMILES string of the molecule is O=C(Nc1ccc(Br)cc1)c1cnco1. The van der Waals surface area contributed by atoms with Crippen molar-refractivity contribution in [2.75, 3.05) is 5.32 Å². The number of nitrogens with one attached hydrogen (secondary N) is 1. The lowest BCUT2D eigenvalue weighted by atomic mass is 10.3. The summed E-state index contributed by atoms with van der Waals surface area (Å²) in [6.07, 6.45) is 2.59. The summed E-state index contributed by atoms with van der Waals surface area (Å²) < 4.78 is 5.82. The summed E-state index contributed by atoms with van der Waals surface area (Å²) in [7, 11) is 0. The number of amides is 1. The molecule has 5 heteroatoms. The van der Waals surface area contributed by atoms with Gasteiger partial charge in [-0.15, -0.1) is 0 Å². The Balaban J connectivity index is 2.09. The number of carbonyl (C=O) groups is 1. The molecule has 1 aromatic carbocycles. The van der Waals surface area contributed by atoms with E-state index in [4.69, 9.17) is 4.42 Å². The number of oxazole rings is 1. The zero-order valence-electron chi connectivity index (χ0n) is 7.61. The molecule has 0 aliphatic carbocycles. The predicted molar refractivity (Wildman–Crippen MR) is 58.6 cm³/mol. The van der Waals surface area contributed by atoms with Crippen molar-refractivity contribution in [2.24, 2.45) is 0 Å². The molecule has 1 N–H and O–H groups in total. The molecule has 1 amide bonds. The molecular formula is C10H7BrN2O2. The zero-order chi connectivity index (χ0) is 10.7. The number of carbonyl (C=O) groups excluding carboxylic acids is 1. The highest BCUT2D eigenvalue weighted by Crippen LogP contribution is 2.14. The molecule has 0 spiro atoms. The van der Waals surface area contributed by atoms with E-state index >= 15 is 0 Å². The van der Waals surface area contributed by atoms with Gasteiger partial charge in [-0.3, -0.25) is 4.79 Å². The zero-order valence-corrected chi connectivity index (χ0v) is 9.19. The van der Waals surface area contributed by atoms with Gasteiger partial charge in [0.25, 0.3) is 5.91 Å². The molecule has 76 valence electrons. The lowest BCUT2D eigenvalue weighted by Crippen LogP contribution is -2.10. The van der Waals surface area contributed by atoms with E-state index in [1.165, 1.54) is 12.6 Å². The normalized spacial score (nSPS) is 9.93. The van der Waals surface area contributed by atoms with Gasteiger partial charge in [0.05, 0.1) is 6.20 Å². The first-order chi connectivity index (χ1) is 7.25. The van der Waals surface area contributed by atoms with Gasteiger partial charge in [0, 0.05) is 10.2 Å². The van der Waals surface area contributed by atoms with Crippen LogP contribution in [0.4, 0.5) is 5.69 Å². The Kier molecular flexibility index (Phi) is 2.82. The van der Waals surface area contributed by atoms with E-state index in [-0.39, 0.29) is 11.7 Å². The van der Waals surface area contributed by atoms with Crippen LogP contribution in [0.5, 0.6) is 0 Å². The number of hydrogen-bond donors (Lipinski definition) is 1. The lowest BCUT2D eigenvalue weighted by Gasteiger charge is -2.01. The first-order valence-corrected chi connectivity index (χ1v) is 5.00. The lowest BCUT2D eigenvalue weighted by molar-refractivity contribution is 0.0996. The number of nitrogens with zero attached hydrogens (tertiary/aromatic N) is 1. The number of aromatic nitrogens is 1. The molecule has 0 aliphatic rings. The maximum atomic E-state index is 11.5. The van der Waals surface area contributed by atoms with Crippen molar-refractivity contribution in [3.05, 3.63) is 47.1 Å². The van der Waals surface area contributed by atoms with Gasteiger partial charge in [0.2, 0.25) is 5.76 Å². The summed E-state index contributed by atoms with van der Waals surface area (Å²) in [5.74, 6) is -0.118. The van der Waals surface area contributed by atoms with Gasteiger partial charge in [0.15, 0.2) is 6.39 Å². The minimum Gasteiger partial charge on any atom is -0.438 e. The smallest absolute Gasteiger partial charge is 0.293 e. The third kappa shape index (κ3) is 2.44. The summed E-state index contributed by atoms with van der Waals surface area (Å²) in [5.41, 5.74) is 0.708. The standard InChI is InChI=1S/C10H7BrN2O2/c11-7-1-3-8(4-2-7)13-10(14)9-5-12-6-15-9/h1-6H,(H,13,14). The highest BCUT2D eigenvalue weighted by atomic mass is 79.9. The predicted octanol–water partition coefficient (Wildman–Crippen LogP) is 2.69. The third-order valence-corrected chi connectivity index (χ3v) is 2.29. The van der Waals surface area contributed by atoms with Crippen molar-refractivity contribution >= 4 is 27.5 Å². The third-order valence-electron chi connectivity index (χ3n) is 1.76. The van der Waals surface area contributed by atoms with Crippen molar-refractivity contribution in [3.8, 4) is 0 Å². The molecule has 0 unspecified atom stereocenters. The van der Waals surface area contributed by atoms with Gasteiger partial charge in [-0.25, -0.2) is 4.98 Å². The fraction of sp³-hybridized carbons (Fsp3) is 0. The topological polar surface area (TPSA) is 55.1 Å². The molecular weight excluding hydrogens is 260 g/mol. The van der Waals surface area contributed by atoms with Gasteiger partial charge in [-0.1, -0.05) is 15.9 Å². The number of rotatable bonds is 2. The Bertz CT molecular complexity index is 451. The monoisotopic (exact) mass is 266 g/mol. The van der Waals surface area contributed by atoms with E-state index < -0.39 is 0 Å². The van der Waals surface area contributed by atoms with Gasteiger partial charge in [-0.2, -0.15) is 0 Å². The molecule has 1 heterocycles. The Morgan fingerprint density at radius 2 is 2.07 bits per heavy atom. The molecule has 15 heavy (non-hydrogen) atoms. The van der Waals surface area contributed by atoms with Crippen molar-refractivity contribution in [1.29, 1.82) is 0 Å². The van der Waals surface area contributed by atoms with Crippen LogP contribution >= 0.6 is 15.9 Å². The molecule has 0 atom stereocenters. The average Bonchev–Trinajstić information content (AvgIpc) is 2.74. The number of hydrogen-bond acceptors (Lipinski definition) is 3. The first kappa shape index (κ1) is 9.92. The second-order valence-electron chi connectivity index (χ2n) is 2.83. The van der Waals surface area contributed by atoms with Crippen LogP contribution in [0.3, 0.4) is 0 Å². The molecule has 0 aliphatic heterocycles. The van der Waals surface area contributed by atoms with Crippen molar-refractivity contribution in [3.63, 3.8) is 0 Å². The minimum absolute atomic E-state index is 0.193. The van der Waals surface area contributed by atoms with Gasteiger partial charge in [-0.05, 0) is 24.3 Å². The van der Waals surface area contributed by atoms with Crippen LogP contribution in [0.2, 0.25) is 0 Å². The molecule has 2 rings (SSSR count). The maximum Gasteiger partial charge on any atom is 0.293 e. The van der Waals surface area contributed by atoms with E-state index in [9.17, 15) is 4.79 Å². The van der Waals surface area contributed by atoms with Crippen molar-refractivity contribution in [2.45, 2.75) is 0 Å². The quantitative estimate of drug-likeness (QED) is 0.910. The molecule has 0 radical (unpaired) electrons. The van der Waals surface area contributed by atoms with E-state index in [2.05, 4.69) is 26.2 Å². The molecule has 0 fully saturated rings. The molecule has 1 aromatic heterocycles. The fourth-order valence-electron chi connectivity index (χ4n) is 1.05. The molecule has 2 aromatic rings. The minimum atomic E-state index is -0.310. The van der Waals surface area contributed by atoms with E-state index in [1.54, 1.807) is 12.1 Å². The van der Waals surface area contributed by atoms with E-state index in [0.29, 0.717) is 5.69 Å². The Morgan fingerprint density at radius 3 is 2.67 bits per heavy atom. The summed E-state index contributed by atoms with van der Waals surface area (Å²) in [4.78, 5) is 15.2. The fourth-order valence-corrected chi connectivity index (χ4v) is 1.32. The van der Waals surface area contributed by atoms with Gasteiger partial charge < -0.3 is 9.73 Å². The van der Waals surface area contributed by atoms with Gasteiger partial charge >= 0.3 is 0 Å².